The van der Waals surface area contributed by atoms with Gasteiger partial charge in [0.2, 0.25) is 5.91 Å². The molecule has 110 valence electrons. The van der Waals surface area contributed by atoms with Crippen molar-refractivity contribution in [3.05, 3.63) is 47.5 Å². The van der Waals surface area contributed by atoms with Gasteiger partial charge in [0.15, 0.2) is 0 Å². The molecule has 1 aromatic rings. The molecule has 0 spiro atoms. The van der Waals surface area contributed by atoms with Gasteiger partial charge in [-0.3, -0.25) is 19.3 Å². The summed E-state index contributed by atoms with van der Waals surface area (Å²) in [6, 6.07) is 7.90. The Balaban J connectivity index is 1.74. The number of aryl methyl sites for hydroxylation is 1. The Hall–Kier alpha value is -2.43. The number of benzene rings is 1. The molecule has 1 N–H and O–H groups in total. The van der Waals surface area contributed by atoms with Crippen LogP contribution in [0.25, 0.3) is 0 Å². The summed E-state index contributed by atoms with van der Waals surface area (Å²) in [6.07, 6.45) is 3.74. The summed E-state index contributed by atoms with van der Waals surface area (Å²) in [4.78, 5) is 35.5. The first kappa shape index (κ1) is 15.0. The van der Waals surface area contributed by atoms with Crippen molar-refractivity contribution in [3.63, 3.8) is 0 Å². The Labute approximate surface area is 123 Å². The van der Waals surface area contributed by atoms with Crippen molar-refractivity contribution in [2.45, 2.75) is 19.8 Å². The fraction of sp³-hybridized carbons (Fsp3) is 0.312. The molecule has 0 atom stereocenters. The average molecular weight is 286 g/mol. The van der Waals surface area contributed by atoms with E-state index in [0.29, 0.717) is 6.42 Å². The molecule has 1 heterocycles. The second-order valence-corrected chi connectivity index (χ2v) is 4.86. The molecular weight excluding hydrogens is 268 g/mol. The second-order valence-electron chi connectivity index (χ2n) is 4.86. The van der Waals surface area contributed by atoms with E-state index in [1.54, 1.807) is 0 Å². The first-order chi connectivity index (χ1) is 10.1. The van der Waals surface area contributed by atoms with Crippen LogP contribution in [0.2, 0.25) is 0 Å². The molecule has 3 amide bonds. The molecule has 0 aromatic heterocycles. The number of imide groups is 1. The van der Waals surface area contributed by atoms with Crippen LogP contribution in [0.4, 0.5) is 0 Å². The van der Waals surface area contributed by atoms with E-state index in [0.717, 1.165) is 16.9 Å². The van der Waals surface area contributed by atoms with Crippen LogP contribution in [0.15, 0.2) is 36.4 Å². The Morgan fingerprint density at radius 2 is 1.62 bits per heavy atom. The molecule has 5 heteroatoms. The first-order valence-electron chi connectivity index (χ1n) is 6.98. The number of nitrogens with one attached hydrogen (secondary N) is 1. The van der Waals surface area contributed by atoms with Gasteiger partial charge < -0.3 is 5.32 Å². The SMILES string of the molecule is CCc1ccc(CC(=O)NCCN2C(=O)C=CC2=O)cc1. The van der Waals surface area contributed by atoms with Gasteiger partial charge in [-0.1, -0.05) is 31.2 Å². The minimum absolute atomic E-state index is 0.119. The summed E-state index contributed by atoms with van der Waals surface area (Å²) in [5.41, 5.74) is 2.18. The number of carbonyl (C=O) groups excluding carboxylic acids is 3. The molecule has 0 fully saturated rings. The third-order valence-corrected chi connectivity index (χ3v) is 3.35. The summed E-state index contributed by atoms with van der Waals surface area (Å²) in [6.45, 7) is 2.55. The lowest BCUT2D eigenvalue weighted by Gasteiger charge is -2.14. The molecule has 0 unspecified atom stereocenters. The van der Waals surface area contributed by atoms with Crippen LogP contribution in [0.1, 0.15) is 18.1 Å². The number of rotatable bonds is 6. The van der Waals surface area contributed by atoms with E-state index in [1.165, 1.54) is 17.7 Å². The van der Waals surface area contributed by atoms with Gasteiger partial charge in [0.25, 0.3) is 11.8 Å². The molecule has 0 aliphatic carbocycles. The maximum absolute atomic E-state index is 11.8. The average Bonchev–Trinajstić information content (AvgIpc) is 2.80. The third kappa shape index (κ3) is 4.02. The maximum atomic E-state index is 11.8. The largest absolute Gasteiger partial charge is 0.354 e. The Bertz CT molecular complexity index is 558. The summed E-state index contributed by atoms with van der Waals surface area (Å²) in [5, 5.41) is 2.71. The molecule has 21 heavy (non-hydrogen) atoms. The predicted molar refractivity (Wildman–Crippen MR) is 78.4 cm³/mol. The zero-order chi connectivity index (χ0) is 15.2. The highest BCUT2D eigenvalue weighted by molar-refractivity contribution is 6.12. The quantitative estimate of drug-likeness (QED) is 0.788. The van der Waals surface area contributed by atoms with Crippen LogP contribution in [-0.2, 0) is 27.2 Å². The zero-order valence-electron chi connectivity index (χ0n) is 12.0. The van der Waals surface area contributed by atoms with Crippen LogP contribution in [0.5, 0.6) is 0 Å². The van der Waals surface area contributed by atoms with Gasteiger partial charge in [-0.25, -0.2) is 0 Å². The maximum Gasteiger partial charge on any atom is 0.253 e. The van der Waals surface area contributed by atoms with Crippen LogP contribution < -0.4 is 5.32 Å². The molecule has 5 nitrogen and oxygen atoms in total. The summed E-state index contributed by atoms with van der Waals surface area (Å²) in [5.74, 6) is -0.778. The van der Waals surface area contributed by atoms with Crippen LogP contribution in [-0.4, -0.2) is 35.7 Å². The van der Waals surface area contributed by atoms with Crippen LogP contribution >= 0.6 is 0 Å². The van der Waals surface area contributed by atoms with Crippen molar-refractivity contribution in [3.8, 4) is 0 Å². The van der Waals surface area contributed by atoms with Crippen LogP contribution in [0.3, 0.4) is 0 Å². The van der Waals surface area contributed by atoms with E-state index in [2.05, 4.69) is 12.2 Å². The van der Waals surface area contributed by atoms with Crippen molar-refractivity contribution < 1.29 is 14.4 Å². The van der Waals surface area contributed by atoms with Gasteiger partial charge in [0.1, 0.15) is 0 Å². The fourth-order valence-corrected chi connectivity index (χ4v) is 2.10. The van der Waals surface area contributed by atoms with Crippen LogP contribution in [0, 0.1) is 0 Å². The van der Waals surface area contributed by atoms with Gasteiger partial charge in [-0.2, -0.15) is 0 Å². The number of amides is 3. The topological polar surface area (TPSA) is 66.5 Å². The Kier molecular flexibility index (Phi) is 4.87. The van der Waals surface area contributed by atoms with E-state index in [1.807, 2.05) is 24.3 Å². The number of nitrogens with zero attached hydrogens (tertiary/aromatic N) is 1. The minimum atomic E-state index is -0.329. The van der Waals surface area contributed by atoms with Crippen molar-refractivity contribution in [1.82, 2.24) is 10.2 Å². The molecule has 0 saturated carbocycles. The van der Waals surface area contributed by atoms with E-state index < -0.39 is 0 Å². The van der Waals surface area contributed by atoms with Gasteiger partial charge in [-0.05, 0) is 17.5 Å². The highest BCUT2D eigenvalue weighted by Crippen LogP contribution is 2.06. The monoisotopic (exact) mass is 286 g/mol. The normalized spacial score (nSPS) is 13.9. The summed E-state index contributed by atoms with van der Waals surface area (Å²) in [7, 11) is 0. The highest BCUT2D eigenvalue weighted by Gasteiger charge is 2.22. The molecule has 0 saturated heterocycles. The standard InChI is InChI=1S/C16H18N2O3/c1-2-12-3-5-13(6-4-12)11-14(19)17-9-10-18-15(20)7-8-16(18)21/h3-8H,2,9-11H2,1H3,(H,17,19). The second kappa shape index (κ2) is 6.83. The number of hydrogen-bond acceptors (Lipinski definition) is 3. The zero-order valence-corrected chi connectivity index (χ0v) is 12.0. The Morgan fingerprint density at radius 3 is 2.19 bits per heavy atom. The number of hydrogen-bond donors (Lipinski definition) is 1. The third-order valence-electron chi connectivity index (χ3n) is 3.35. The molecule has 1 aromatic carbocycles. The highest BCUT2D eigenvalue weighted by atomic mass is 16.2. The van der Waals surface area contributed by atoms with E-state index in [4.69, 9.17) is 0 Å². The van der Waals surface area contributed by atoms with E-state index in [9.17, 15) is 14.4 Å². The molecular formula is C16H18N2O3. The smallest absolute Gasteiger partial charge is 0.253 e. The molecule has 0 radical (unpaired) electrons. The van der Waals surface area contributed by atoms with Crippen molar-refractivity contribution in [2.75, 3.05) is 13.1 Å². The van der Waals surface area contributed by atoms with Crippen molar-refractivity contribution >= 4 is 17.7 Å². The van der Waals surface area contributed by atoms with Gasteiger partial charge in [0.05, 0.1) is 6.42 Å². The molecule has 0 bridgehead atoms. The Morgan fingerprint density at radius 1 is 1.05 bits per heavy atom. The van der Waals surface area contributed by atoms with Gasteiger partial charge >= 0.3 is 0 Å². The molecule has 1 aliphatic rings. The molecule has 1 aliphatic heterocycles. The van der Waals surface area contributed by atoms with Gasteiger partial charge in [-0.15, -0.1) is 0 Å². The molecule has 2 rings (SSSR count). The summed E-state index contributed by atoms with van der Waals surface area (Å²) >= 11 is 0. The predicted octanol–water partition coefficient (Wildman–Crippen LogP) is 0.833. The van der Waals surface area contributed by atoms with Crippen molar-refractivity contribution in [1.29, 1.82) is 0 Å². The fourth-order valence-electron chi connectivity index (χ4n) is 2.10. The van der Waals surface area contributed by atoms with Crippen molar-refractivity contribution in [2.24, 2.45) is 0 Å². The number of carbonyl (C=O) groups is 3. The first-order valence-corrected chi connectivity index (χ1v) is 6.98. The lowest BCUT2D eigenvalue weighted by Crippen LogP contribution is -2.38. The minimum Gasteiger partial charge on any atom is -0.354 e. The lowest BCUT2D eigenvalue weighted by molar-refractivity contribution is -0.137. The van der Waals surface area contributed by atoms with E-state index in [-0.39, 0.29) is 30.8 Å². The van der Waals surface area contributed by atoms with E-state index >= 15 is 0 Å². The van der Waals surface area contributed by atoms with Gasteiger partial charge in [0, 0.05) is 25.2 Å². The lowest BCUT2D eigenvalue weighted by atomic mass is 10.1. The summed E-state index contributed by atoms with van der Waals surface area (Å²) < 4.78 is 0.